The van der Waals surface area contributed by atoms with Crippen LogP contribution in [0.4, 0.5) is 5.69 Å². The van der Waals surface area contributed by atoms with Gasteiger partial charge in [-0.15, -0.1) is 0 Å². The van der Waals surface area contributed by atoms with Crippen molar-refractivity contribution in [3.05, 3.63) is 53.3 Å². The molecule has 1 heterocycles. The molecule has 2 rings (SSSR count). The second-order valence-corrected chi connectivity index (χ2v) is 6.69. The van der Waals surface area contributed by atoms with Crippen LogP contribution in [0.1, 0.15) is 16.7 Å². The van der Waals surface area contributed by atoms with Crippen molar-refractivity contribution in [3.8, 4) is 0 Å². The first-order valence-electron chi connectivity index (χ1n) is 6.65. The maximum absolute atomic E-state index is 12.4. The van der Waals surface area contributed by atoms with Gasteiger partial charge in [0.2, 0.25) is 10.0 Å². The lowest BCUT2D eigenvalue weighted by Gasteiger charge is -2.13. The van der Waals surface area contributed by atoms with Gasteiger partial charge in [0.15, 0.2) is 0 Å². The molecule has 1 aromatic heterocycles. The van der Waals surface area contributed by atoms with Crippen molar-refractivity contribution in [1.82, 2.24) is 9.71 Å². The Balaban J connectivity index is 2.12. The van der Waals surface area contributed by atoms with E-state index in [0.29, 0.717) is 34.7 Å². The third-order valence-electron chi connectivity index (χ3n) is 3.21. The molecule has 2 aromatic rings. The predicted octanol–water partition coefficient (Wildman–Crippen LogP) is 1.80. The molecule has 112 valence electrons. The summed E-state index contributed by atoms with van der Waals surface area (Å²) in [7, 11) is -3.53. The summed E-state index contributed by atoms with van der Waals surface area (Å²) in [6, 6.07) is 7.08. The van der Waals surface area contributed by atoms with Gasteiger partial charge in [-0.1, -0.05) is 0 Å². The lowest BCUT2D eigenvalue weighted by molar-refractivity contribution is 0.580. The van der Waals surface area contributed by atoms with Crippen LogP contribution in [0, 0.1) is 13.8 Å². The third kappa shape index (κ3) is 3.80. The van der Waals surface area contributed by atoms with Crippen LogP contribution in [0.15, 0.2) is 41.6 Å². The number of rotatable bonds is 5. The van der Waals surface area contributed by atoms with Gasteiger partial charge >= 0.3 is 0 Å². The zero-order valence-corrected chi connectivity index (χ0v) is 12.9. The Hall–Kier alpha value is -1.92. The normalized spacial score (nSPS) is 11.5. The molecule has 1 aromatic carbocycles. The Morgan fingerprint density at radius 1 is 1.14 bits per heavy atom. The summed E-state index contributed by atoms with van der Waals surface area (Å²) in [5.74, 6) is 0. The van der Waals surface area contributed by atoms with E-state index in [1.165, 1.54) is 0 Å². The van der Waals surface area contributed by atoms with Gasteiger partial charge in [-0.05, 0) is 61.2 Å². The first kappa shape index (κ1) is 15.5. The molecule has 0 spiro atoms. The van der Waals surface area contributed by atoms with Crippen LogP contribution in [-0.2, 0) is 16.4 Å². The number of sulfonamides is 1. The summed E-state index contributed by atoms with van der Waals surface area (Å²) in [5, 5.41) is 0. The highest BCUT2D eigenvalue weighted by Gasteiger charge is 2.19. The fraction of sp³-hybridized carbons (Fsp3) is 0.267. The number of nitrogen functional groups attached to an aromatic ring is 1. The molecule has 3 N–H and O–H groups in total. The molecule has 0 aliphatic carbocycles. The lowest BCUT2D eigenvalue weighted by Crippen LogP contribution is -2.27. The second-order valence-electron chi connectivity index (χ2n) is 4.99. The van der Waals surface area contributed by atoms with Crippen molar-refractivity contribution < 1.29 is 8.42 Å². The molecule has 0 fully saturated rings. The zero-order chi connectivity index (χ0) is 15.5. The second kappa shape index (κ2) is 6.24. The fourth-order valence-corrected chi connectivity index (χ4v) is 3.84. The highest BCUT2D eigenvalue weighted by atomic mass is 32.2. The summed E-state index contributed by atoms with van der Waals surface area (Å²) >= 11 is 0. The number of aryl methyl sites for hydroxylation is 2. The molecule has 0 aliphatic rings. The predicted molar refractivity (Wildman–Crippen MR) is 83.5 cm³/mol. The Labute approximate surface area is 125 Å². The van der Waals surface area contributed by atoms with Crippen LogP contribution in [-0.4, -0.2) is 19.9 Å². The van der Waals surface area contributed by atoms with Crippen LogP contribution in [0.25, 0.3) is 0 Å². The van der Waals surface area contributed by atoms with Crippen molar-refractivity contribution in [2.45, 2.75) is 25.2 Å². The van der Waals surface area contributed by atoms with E-state index in [-0.39, 0.29) is 0 Å². The standard InChI is InChI=1S/C15H19N3O2S/c1-11-9-14(16)10-12(2)15(11)21(19,20)18-8-5-13-3-6-17-7-4-13/h3-4,6-7,9-10,18H,5,8,16H2,1-2H3. The van der Waals surface area contributed by atoms with E-state index in [0.717, 1.165) is 5.56 Å². The molecular formula is C15H19N3O2S. The van der Waals surface area contributed by atoms with Crippen LogP contribution in [0.5, 0.6) is 0 Å². The molecular weight excluding hydrogens is 286 g/mol. The number of aromatic nitrogens is 1. The van der Waals surface area contributed by atoms with E-state index in [9.17, 15) is 8.42 Å². The Bertz CT molecular complexity index is 705. The topological polar surface area (TPSA) is 85.1 Å². The van der Waals surface area contributed by atoms with Gasteiger partial charge in [0, 0.05) is 24.6 Å². The average molecular weight is 305 g/mol. The van der Waals surface area contributed by atoms with Crippen LogP contribution < -0.4 is 10.5 Å². The molecule has 0 amide bonds. The van der Waals surface area contributed by atoms with Crippen LogP contribution >= 0.6 is 0 Å². The monoisotopic (exact) mass is 305 g/mol. The van der Waals surface area contributed by atoms with Gasteiger partial charge in [-0.25, -0.2) is 13.1 Å². The number of hydrogen-bond acceptors (Lipinski definition) is 4. The van der Waals surface area contributed by atoms with Gasteiger partial charge in [0.25, 0.3) is 0 Å². The summed E-state index contributed by atoms with van der Waals surface area (Å²) in [4.78, 5) is 4.24. The summed E-state index contributed by atoms with van der Waals surface area (Å²) < 4.78 is 27.5. The Morgan fingerprint density at radius 3 is 2.29 bits per heavy atom. The lowest BCUT2D eigenvalue weighted by atomic mass is 10.1. The number of benzene rings is 1. The van der Waals surface area contributed by atoms with Gasteiger partial charge in [0.05, 0.1) is 4.90 Å². The maximum Gasteiger partial charge on any atom is 0.241 e. The molecule has 0 unspecified atom stereocenters. The number of hydrogen-bond donors (Lipinski definition) is 2. The molecule has 21 heavy (non-hydrogen) atoms. The number of nitrogens with one attached hydrogen (secondary N) is 1. The quantitative estimate of drug-likeness (QED) is 0.825. The Morgan fingerprint density at radius 2 is 1.71 bits per heavy atom. The minimum atomic E-state index is -3.53. The summed E-state index contributed by atoms with van der Waals surface area (Å²) in [6.07, 6.45) is 4.00. The first-order chi connectivity index (χ1) is 9.90. The fourth-order valence-electron chi connectivity index (χ4n) is 2.36. The SMILES string of the molecule is Cc1cc(N)cc(C)c1S(=O)(=O)NCCc1ccncc1. The number of nitrogens with two attached hydrogens (primary N) is 1. The maximum atomic E-state index is 12.4. The van der Waals surface area contributed by atoms with Gasteiger partial charge in [-0.3, -0.25) is 4.98 Å². The number of anilines is 1. The molecule has 0 saturated heterocycles. The smallest absolute Gasteiger partial charge is 0.241 e. The van der Waals surface area contributed by atoms with E-state index in [2.05, 4.69) is 9.71 Å². The van der Waals surface area contributed by atoms with Crippen LogP contribution in [0.2, 0.25) is 0 Å². The molecule has 5 nitrogen and oxygen atoms in total. The van der Waals surface area contributed by atoms with Crippen molar-refractivity contribution in [2.75, 3.05) is 12.3 Å². The highest BCUT2D eigenvalue weighted by Crippen LogP contribution is 2.22. The molecule has 0 bridgehead atoms. The zero-order valence-electron chi connectivity index (χ0n) is 12.1. The minimum Gasteiger partial charge on any atom is -0.399 e. The largest absolute Gasteiger partial charge is 0.399 e. The molecule has 0 atom stereocenters. The van der Waals surface area contributed by atoms with Crippen molar-refractivity contribution in [1.29, 1.82) is 0 Å². The molecule has 0 radical (unpaired) electrons. The van der Waals surface area contributed by atoms with Gasteiger partial charge < -0.3 is 5.73 Å². The van der Waals surface area contributed by atoms with Crippen molar-refractivity contribution in [2.24, 2.45) is 0 Å². The summed E-state index contributed by atoms with van der Waals surface area (Å²) in [5.41, 5.74) is 8.65. The highest BCUT2D eigenvalue weighted by molar-refractivity contribution is 7.89. The van der Waals surface area contributed by atoms with Gasteiger partial charge in [0.1, 0.15) is 0 Å². The Kier molecular flexibility index (Phi) is 4.59. The van der Waals surface area contributed by atoms with E-state index in [4.69, 9.17) is 5.73 Å². The minimum absolute atomic E-state index is 0.312. The van der Waals surface area contributed by atoms with Crippen LogP contribution in [0.3, 0.4) is 0 Å². The van der Waals surface area contributed by atoms with E-state index in [1.54, 1.807) is 38.4 Å². The van der Waals surface area contributed by atoms with E-state index >= 15 is 0 Å². The number of nitrogens with zero attached hydrogens (tertiary/aromatic N) is 1. The molecule has 0 aliphatic heterocycles. The van der Waals surface area contributed by atoms with Crippen molar-refractivity contribution in [3.63, 3.8) is 0 Å². The van der Waals surface area contributed by atoms with E-state index < -0.39 is 10.0 Å². The molecule has 6 heteroatoms. The third-order valence-corrected chi connectivity index (χ3v) is 4.97. The van der Waals surface area contributed by atoms with Crippen molar-refractivity contribution >= 4 is 15.7 Å². The average Bonchev–Trinajstić information content (AvgIpc) is 2.38. The van der Waals surface area contributed by atoms with Gasteiger partial charge in [-0.2, -0.15) is 0 Å². The van der Waals surface area contributed by atoms with E-state index in [1.807, 2.05) is 12.1 Å². The first-order valence-corrected chi connectivity index (χ1v) is 8.14. The number of pyridine rings is 1. The summed E-state index contributed by atoms with van der Waals surface area (Å²) in [6.45, 7) is 3.84. The molecule has 0 saturated carbocycles.